The summed E-state index contributed by atoms with van der Waals surface area (Å²) >= 11 is 2.69. The average molecular weight is 519 g/mol. The van der Waals surface area contributed by atoms with Gasteiger partial charge in [0.15, 0.2) is 5.16 Å². The van der Waals surface area contributed by atoms with Crippen molar-refractivity contribution in [1.82, 2.24) is 9.55 Å². The van der Waals surface area contributed by atoms with Crippen LogP contribution in [0.2, 0.25) is 0 Å². The summed E-state index contributed by atoms with van der Waals surface area (Å²) in [6.07, 6.45) is 1.67. The van der Waals surface area contributed by atoms with Gasteiger partial charge in [0.2, 0.25) is 5.91 Å². The number of aromatic nitrogens is 2. The minimum absolute atomic E-state index is 0.124. The molecule has 2 aromatic heterocycles. The zero-order chi connectivity index (χ0) is 24.9. The molecule has 0 saturated carbocycles. The third-order valence-electron chi connectivity index (χ3n) is 5.91. The lowest BCUT2D eigenvalue weighted by Crippen LogP contribution is -2.36. The number of morpholine rings is 1. The van der Waals surface area contributed by atoms with E-state index in [4.69, 9.17) is 9.72 Å². The quantitative estimate of drug-likeness (QED) is 0.204. The van der Waals surface area contributed by atoms with Crippen LogP contribution in [-0.2, 0) is 16.1 Å². The molecule has 9 heteroatoms. The molecular formula is C27H26N4O3S2. The third-order valence-corrected chi connectivity index (χ3v) is 7.76. The van der Waals surface area contributed by atoms with Gasteiger partial charge in [0, 0.05) is 42.0 Å². The second-order valence-corrected chi connectivity index (χ2v) is 10.1. The molecular weight excluding hydrogens is 492 g/mol. The Hall–Kier alpha value is -3.40. The number of ether oxygens (including phenoxy) is 1. The van der Waals surface area contributed by atoms with Gasteiger partial charge in [-0.25, -0.2) is 4.98 Å². The Balaban J connectivity index is 1.31. The molecule has 184 valence electrons. The molecule has 1 N–H and O–H groups in total. The SMILES string of the molecule is C=CCn1c(SCC(=O)Nc2ccc(N3CCOCC3)cc2)nc2scc(-c3ccccc3)c2c1=O. The maximum atomic E-state index is 13.4. The van der Waals surface area contributed by atoms with Crippen molar-refractivity contribution >= 4 is 50.6 Å². The molecule has 1 amide bonds. The number of hydrogen-bond acceptors (Lipinski definition) is 7. The van der Waals surface area contributed by atoms with Crippen LogP contribution in [0.1, 0.15) is 0 Å². The number of fused-ring (bicyclic) bond motifs is 1. The van der Waals surface area contributed by atoms with Crippen molar-refractivity contribution < 1.29 is 9.53 Å². The molecule has 1 fully saturated rings. The first-order valence-electron chi connectivity index (χ1n) is 11.7. The molecule has 0 unspecified atom stereocenters. The summed E-state index contributed by atoms with van der Waals surface area (Å²) in [7, 11) is 0. The van der Waals surface area contributed by atoms with Crippen molar-refractivity contribution in [2.24, 2.45) is 0 Å². The molecule has 5 rings (SSSR count). The largest absolute Gasteiger partial charge is 0.378 e. The number of nitrogens with one attached hydrogen (secondary N) is 1. The van der Waals surface area contributed by atoms with Gasteiger partial charge >= 0.3 is 0 Å². The van der Waals surface area contributed by atoms with Crippen LogP contribution in [-0.4, -0.2) is 47.5 Å². The van der Waals surface area contributed by atoms with Crippen molar-refractivity contribution in [3.63, 3.8) is 0 Å². The Bertz CT molecular complexity index is 1430. The van der Waals surface area contributed by atoms with Crippen LogP contribution in [0.4, 0.5) is 11.4 Å². The van der Waals surface area contributed by atoms with E-state index >= 15 is 0 Å². The number of thiophene rings is 1. The zero-order valence-corrected chi connectivity index (χ0v) is 21.3. The van der Waals surface area contributed by atoms with E-state index in [-0.39, 0.29) is 17.2 Å². The molecule has 0 aliphatic carbocycles. The van der Waals surface area contributed by atoms with Crippen LogP contribution in [0, 0.1) is 0 Å². The normalized spacial score (nSPS) is 13.6. The number of carbonyl (C=O) groups excluding carboxylic acids is 1. The van der Waals surface area contributed by atoms with Gasteiger partial charge in [-0.1, -0.05) is 48.2 Å². The summed E-state index contributed by atoms with van der Waals surface area (Å²) < 4.78 is 6.99. The summed E-state index contributed by atoms with van der Waals surface area (Å²) in [5, 5.41) is 6.01. The highest BCUT2D eigenvalue weighted by molar-refractivity contribution is 7.99. The maximum Gasteiger partial charge on any atom is 0.263 e. The first kappa shape index (κ1) is 24.3. The smallest absolute Gasteiger partial charge is 0.263 e. The fourth-order valence-electron chi connectivity index (χ4n) is 4.14. The second kappa shape index (κ2) is 11.1. The molecule has 0 radical (unpaired) electrons. The number of hydrogen-bond donors (Lipinski definition) is 1. The number of benzene rings is 2. The number of rotatable bonds is 8. The molecule has 2 aromatic carbocycles. The average Bonchev–Trinajstić information content (AvgIpc) is 3.35. The second-order valence-electron chi connectivity index (χ2n) is 8.28. The summed E-state index contributed by atoms with van der Waals surface area (Å²) in [6, 6.07) is 17.6. The lowest BCUT2D eigenvalue weighted by molar-refractivity contribution is -0.113. The van der Waals surface area contributed by atoms with Gasteiger partial charge in [-0.2, -0.15) is 0 Å². The lowest BCUT2D eigenvalue weighted by atomic mass is 10.1. The lowest BCUT2D eigenvalue weighted by Gasteiger charge is -2.28. The molecule has 7 nitrogen and oxygen atoms in total. The van der Waals surface area contributed by atoms with Crippen LogP contribution < -0.4 is 15.8 Å². The molecule has 0 spiro atoms. The van der Waals surface area contributed by atoms with Gasteiger partial charge < -0.3 is 15.0 Å². The van der Waals surface area contributed by atoms with E-state index in [1.807, 2.05) is 60.0 Å². The van der Waals surface area contributed by atoms with Crippen LogP contribution in [0.15, 0.2) is 82.6 Å². The topological polar surface area (TPSA) is 76.5 Å². The predicted molar refractivity (Wildman–Crippen MR) is 148 cm³/mol. The van der Waals surface area contributed by atoms with E-state index in [1.165, 1.54) is 23.1 Å². The number of carbonyl (C=O) groups is 1. The van der Waals surface area contributed by atoms with Crippen LogP contribution >= 0.6 is 23.1 Å². The molecule has 0 bridgehead atoms. The van der Waals surface area contributed by atoms with Crippen molar-refractivity contribution in [3.8, 4) is 11.1 Å². The number of amides is 1. The molecule has 1 aliphatic rings. The van der Waals surface area contributed by atoms with E-state index in [0.717, 1.165) is 48.8 Å². The van der Waals surface area contributed by atoms with Crippen LogP contribution in [0.3, 0.4) is 0 Å². The Morgan fingerprint density at radius 1 is 1.14 bits per heavy atom. The first-order valence-corrected chi connectivity index (χ1v) is 13.5. The fraction of sp³-hybridized carbons (Fsp3) is 0.222. The van der Waals surface area contributed by atoms with E-state index < -0.39 is 0 Å². The van der Waals surface area contributed by atoms with Crippen molar-refractivity contribution in [1.29, 1.82) is 0 Å². The predicted octanol–water partition coefficient (Wildman–Crippen LogP) is 4.88. The highest BCUT2D eigenvalue weighted by Gasteiger charge is 2.18. The highest BCUT2D eigenvalue weighted by atomic mass is 32.2. The van der Waals surface area contributed by atoms with E-state index in [0.29, 0.717) is 21.9 Å². The fourth-order valence-corrected chi connectivity index (χ4v) is 5.94. The van der Waals surface area contributed by atoms with Crippen molar-refractivity contribution in [3.05, 3.63) is 83.0 Å². The van der Waals surface area contributed by atoms with Crippen LogP contribution in [0.5, 0.6) is 0 Å². The number of thioether (sulfide) groups is 1. The molecule has 36 heavy (non-hydrogen) atoms. The third kappa shape index (κ3) is 5.23. The summed E-state index contributed by atoms with van der Waals surface area (Å²) in [4.78, 5) is 33.8. The Kier molecular flexibility index (Phi) is 7.50. The summed E-state index contributed by atoms with van der Waals surface area (Å²) in [5.74, 6) is -0.0215. The maximum absolute atomic E-state index is 13.4. The summed E-state index contributed by atoms with van der Waals surface area (Å²) in [5.41, 5.74) is 3.58. The molecule has 1 aliphatic heterocycles. The van der Waals surface area contributed by atoms with Crippen molar-refractivity contribution in [2.45, 2.75) is 11.7 Å². The standard InChI is InChI=1S/C27H26N4O3S2/c1-2-12-31-26(33)24-22(19-6-4-3-5-7-19)17-35-25(24)29-27(31)36-18-23(32)28-20-8-10-21(11-9-20)30-13-15-34-16-14-30/h2-11,17H,1,12-16,18H2,(H,28,32). The minimum atomic E-state index is -0.158. The monoisotopic (exact) mass is 518 g/mol. The summed E-state index contributed by atoms with van der Waals surface area (Å²) in [6.45, 7) is 7.30. The van der Waals surface area contributed by atoms with Gasteiger partial charge in [0.25, 0.3) is 5.56 Å². The Labute approximate surface area is 217 Å². The first-order chi connectivity index (χ1) is 17.6. The van der Waals surface area contributed by atoms with E-state index in [9.17, 15) is 9.59 Å². The number of nitrogens with zero attached hydrogens (tertiary/aromatic N) is 3. The zero-order valence-electron chi connectivity index (χ0n) is 19.7. The molecule has 0 atom stereocenters. The molecule has 4 aromatic rings. The van der Waals surface area contributed by atoms with Crippen LogP contribution in [0.25, 0.3) is 21.3 Å². The Morgan fingerprint density at radius 2 is 1.89 bits per heavy atom. The van der Waals surface area contributed by atoms with Gasteiger partial charge in [-0.05, 0) is 29.8 Å². The Morgan fingerprint density at radius 3 is 2.61 bits per heavy atom. The van der Waals surface area contributed by atoms with Gasteiger partial charge in [-0.15, -0.1) is 17.9 Å². The van der Waals surface area contributed by atoms with Gasteiger partial charge in [0.1, 0.15) is 4.83 Å². The number of anilines is 2. The molecule has 3 heterocycles. The number of allylic oxidation sites excluding steroid dienone is 1. The van der Waals surface area contributed by atoms with Gasteiger partial charge in [0.05, 0.1) is 24.4 Å². The molecule has 1 saturated heterocycles. The van der Waals surface area contributed by atoms with Gasteiger partial charge in [-0.3, -0.25) is 14.2 Å². The highest BCUT2D eigenvalue weighted by Crippen LogP contribution is 2.32. The van der Waals surface area contributed by atoms with E-state index in [1.54, 1.807) is 10.6 Å². The minimum Gasteiger partial charge on any atom is -0.378 e. The van der Waals surface area contributed by atoms with E-state index in [2.05, 4.69) is 16.8 Å². The van der Waals surface area contributed by atoms with Crippen molar-refractivity contribution in [2.75, 3.05) is 42.3 Å².